The zero-order valence-electron chi connectivity index (χ0n) is 8.08. The van der Waals surface area contributed by atoms with Gasteiger partial charge < -0.3 is 9.64 Å². The fraction of sp³-hybridized carbons (Fsp3) is 0.778. The Morgan fingerprint density at radius 1 is 1.31 bits per heavy atom. The van der Waals surface area contributed by atoms with Gasteiger partial charge >= 0.3 is 5.97 Å². The molecule has 0 aromatic rings. The first-order valence-corrected chi connectivity index (χ1v) is 4.55. The van der Waals surface area contributed by atoms with E-state index in [0.29, 0.717) is 6.54 Å². The molecule has 74 valence electrons. The quantitative estimate of drug-likeness (QED) is 0.570. The zero-order valence-corrected chi connectivity index (χ0v) is 8.08. The molecule has 0 saturated carbocycles. The normalized spacial score (nSPS) is 22.6. The van der Waals surface area contributed by atoms with E-state index in [9.17, 15) is 9.59 Å². The van der Waals surface area contributed by atoms with Gasteiger partial charge in [-0.2, -0.15) is 0 Å². The number of nitrogens with zero attached hydrogens (tertiary/aromatic N) is 1. The third kappa shape index (κ3) is 2.72. The van der Waals surface area contributed by atoms with Crippen molar-refractivity contribution in [3.8, 4) is 0 Å². The van der Waals surface area contributed by atoms with E-state index in [1.807, 2.05) is 0 Å². The number of esters is 1. The van der Waals surface area contributed by atoms with Crippen LogP contribution in [0.5, 0.6) is 0 Å². The van der Waals surface area contributed by atoms with E-state index < -0.39 is 0 Å². The van der Waals surface area contributed by atoms with Crippen molar-refractivity contribution in [2.45, 2.75) is 39.3 Å². The monoisotopic (exact) mass is 185 g/mol. The van der Waals surface area contributed by atoms with Crippen molar-refractivity contribution in [1.82, 2.24) is 4.90 Å². The summed E-state index contributed by atoms with van der Waals surface area (Å²) >= 11 is 0. The predicted octanol–water partition coefficient (Wildman–Crippen LogP) is 0.908. The van der Waals surface area contributed by atoms with Gasteiger partial charge in [-0.1, -0.05) is 0 Å². The number of rotatable bonds is 1. The van der Waals surface area contributed by atoms with Crippen molar-refractivity contribution in [2.75, 3.05) is 6.54 Å². The highest BCUT2D eigenvalue weighted by molar-refractivity contribution is 5.74. The number of hydrogen-bond acceptors (Lipinski definition) is 3. The minimum atomic E-state index is -0.330. The Bertz CT molecular complexity index is 215. The van der Waals surface area contributed by atoms with E-state index in [4.69, 9.17) is 4.74 Å². The minimum Gasteiger partial charge on any atom is -0.442 e. The number of carbonyl (C=O) groups is 2. The lowest BCUT2D eigenvalue weighted by Crippen LogP contribution is -2.44. The van der Waals surface area contributed by atoms with Crippen LogP contribution >= 0.6 is 0 Å². The molecule has 1 unspecified atom stereocenters. The largest absolute Gasteiger partial charge is 0.442 e. The van der Waals surface area contributed by atoms with Crippen molar-refractivity contribution in [3.05, 3.63) is 0 Å². The second-order valence-electron chi connectivity index (χ2n) is 3.27. The van der Waals surface area contributed by atoms with E-state index >= 15 is 0 Å². The van der Waals surface area contributed by atoms with Gasteiger partial charge in [0.2, 0.25) is 5.91 Å². The predicted molar refractivity (Wildman–Crippen MR) is 46.8 cm³/mol. The number of hydrogen-bond donors (Lipinski definition) is 0. The van der Waals surface area contributed by atoms with Crippen LogP contribution in [0.1, 0.15) is 33.1 Å². The summed E-state index contributed by atoms with van der Waals surface area (Å²) in [4.78, 5) is 23.5. The molecule has 1 atom stereocenters. The Balaban J connectivity index is 2.56. The average Bonchev–Trinajstić information content (AvgIpc) is 2.03. The molecule has 0 radical (unpaired) electrons. The summed E-state index contributed by atoms with van der Waals surface area (Å²) in [6.45, 7) is 3.57. The van der Waals surface area contributed by atoms with Crippen molar-refractivity contribution in [2.24, 2.45) is 0 Å². The third-order valence-electron chi connectivity index (χ3n) is 2.15. The summed E-state index contributed by atoms with van der Waals surface area (Å²) in [7, 11) is 0. The molecule has 4 nitrogen and oxygen atoms in total. The van der Waals surface area contributed by atoms with Gasteiger partial charge in [-0.25, -0.2) is 0 Å². The Hall–Kier alpha value is -1.06. The summed E-state index contributed by atoms with van der Waals surface area (Å²) < 4.78 is 5.03. The van der Waals surface area contributed by atoms with Gasteiger partial charge in [-0.3, -0.25) is 9.59 Å². The molecule has 0 N–H and O–H groups in total. The molecule has 1 rings (SSSR count). The number of carbonyl (C=O) groups excluding carboxylic acids is 2. The summed E-state index contributed by atoms with van der Waals surface area (Å²) in [6, 6.07) is 0. The summed E-state index contributed by atoms with van der Waals surface area (Å²) in [5.74, 6) is -0.343. The number of likely N-dealkylation sites (tertiary alicyclic amines) is 1. The lowest BCUT2D eigenvalue weighted by atomic mass is 10.1. The molecular weight excluding hydrogens is 170 g/mol. The first kappa shape index (κ1) is 10.0. The summed E-state index contributed by atoms with van der Waals surface area (Å²) in [5, 5.41) is 0. The molecule has 13 heavy (non-hydrogen) atoms. The molecule has 0 aromatic heterocycles. The second kappa shape index (κ2) is 4.25. The van der Waals surface area contributed by atoms with Crippen molar-refractivity contribution in [3.63, 3.8) is 0 Å². The van der Waals surface area contributed by atoms with E-state index in [1.165, 1.54) is 13.8 Å². The maximum Gasteiger partial charge on any atom is 0.304 e. The lowest BCUT2D eigenvalue weighted by Gasteiger charge is -2.33. The maximum atomic E-state index is 11.1. The molecular formula is C9H15NO3. The second-order valence-corrected chi connectivity index (χ2v) is 3.27. The van der Waals surface area contributed by atoms with Crippen LogP contribution in [0.3, 0.4) is 0 Å². The van der Waals surface area contributed by atoms with Gasteiger partial charge in [-0.05, 0) is 12.8 Å². The minimum absolute atomic E-state index is 0.0223. The SMILES string of the molecule is CC(=O)OC1CCCCN1C(C)=O. The zero-order chi connectivity index (χ0) is 9.84. The van der Waals surface area contributed by atoms with Crippen LogP contribution in [0.15, 0.2) is 0 Å². The number of ether oxygens (including phenoxy) is 1. The van der Waals surface area contributed by atoms with E-state index in [0.717, 1.165) is 19.3 Å². The van der Waals surface area contributed by atoms with Gasteiger partial charge in [0.1, 0.15) is 0 Å². The Morgan fingerprint density at radius 3 is 2.54 bits per heavy atom. The van der Waals surface area contributed by atoms with Crippen molar-refractivity contribution < 1.29 is 14.3 Å². The smallest absolute Gasteiger partial charge is 0.304 e. The number of piperidine rings is 1. The Labute approximate surface area is 77.8 Å². The lowest BCUT2D eigenvalue weighted by molar-refractivity contribution is -0.165. The van der Waals surface area contributed by atoms with Crippen LogP contribution in [0, 0.1) is 0 Å². The van der Waals surface area contributed by atoms with Crippen LogP contribution in [0.2, 0.25) is 0 Å². The van der Waals surface area contributed by atoms with Gasteiger partial charge in [0, 0.05) is 26.8 Å². The topological polar surface area (TPSA) is 46.6 Å². The van der Waals surface area contributed by atoms with Crippen LogP contribution in [-0.2, 0) is 14.3 Å². The Morgan fingerprint density at radius 2 is 2.00 bits per heavy atom. The van der Waals surface area contributed by atoms with Gasteiger partial charge in [0.05, 0.1) is 0 Å². The van der Waals surface area contributed by atoms with E-state index in [-0.39, 0.29) is 18.1 Å². The van der Waals surface area contributed by atoms with E-state index in [1.54, 1.807) is 4.90 Å². The molecule has 4 heteroatoms. The van der Waals surface area contributed by atoms with Crippen LogP contribution in [0.4, 0.5) is 0 Å². The molecule has 0 aromatic carbocycles. The third-order valence-corrected chi connectivity index (χ3v) is 2.15. The average molecular weight is 185 g/mol. The summed E-state index contributed by atoms with van der Waals surface area (Å²) in [6.07, 6.45) is 2.45. The molecule has 0 aliphatic carbocycles. The molecule has 1 aliphatic rings. The molecule has 0 bridgehead atoms. The first-order chi connectivity index (χ1) is 6.11. The fourth-order valence-electron chi connectivity index (χ4n) is 1.58. The fourth-order valence-corrected chi connectivity index (χ4v) is 1.58. The standard InChI is InChI=1S/C9H15NO3/c1-7(11)10-6-4-3-5-9(10)13-8(2)12/h9H,3-6H2,1-2H3. The highest BCUT2D eigenvalue weighted by Gasteiger charge is 2.26. The van der Waals surface area contributed by atoms with Crippen molar-refractivity contribution in [1.29, 1.82) is 0 Å². The molecule has 1 aliphatic heterocycles. The highest BCUT2D eigenvalue weighted by Crippen LogP contribution is 2.17. The van der Waals surface area contributed by atoms with Gasteiger partial charge in [-0.15, -0.1) is 0 Å². The molecule has 1 saturated heterocycles. The van der Waals surface area contributed by atoms with Gasteiger partial charge in [0.15, 0.2) is 6.23 Å². The van der Waals surface area contributed by atoms with Gasteiger partial charge in [0.25, 0.3) is 0 Å². The molecule has 1 heterocycles. The van der Waals surface area contributed by atoms with Crippen LogP contribution in [0.25, 0.3) is 0 Å². The van der Waals surface area contributed by atoms with Crippen LogP contribution in [-0.4, -0.2) is 29.5 Å². The van der Waals surface area contributed by atoms with Crippen molar-refractivity contribution >= 4 is 11.9 Å². The molecule has 1 fully saturated rings. The van der Waals surface area contributed by atoms with E-state index in [2.05, 4.69) is 0 Å². The molecule has 0 spiro atoms. The highest BCUT2D eigenvalue weighted by atomic mass is 16.6. The maximum absolute atomic E-state index is 11.1. The van der Waals surface area contributed by atoms with Crippen LogP contribution < -0.4 is 0 Å². The Kier molecular flexibility index (Phi) is 3.28. The summed E-state index contributed by atoms with van der Waals surface area (Å²) in [5.41, 5.74) is 0. The number of amides is 1. The first-order valence-electron chi connectivity index (χ1n) is 4.55. The molecule has 1 amide bonds.